The average molecular weight is 503 g/mol. The zero-order valence-electron chi connectivity index (χ0n) is 17.7. The Hall–Kier alpha value is -3.08. The minimum Gasteiger partial charge on any atom is -0.465 e. The number of ether oxygens (including phenoxy) is 1. The summed E-state index contributed by atoms with van der Waals surface area (Å²) in [5.41, 5.74) is 1.77. The zero-order valence-corrected chi connectivity index (χ0v) is 20.1. The Kier molecular flexibility index (Phi) is 7.17. The number of rotatable bonds is 8. The zero-order chi connectivity index (χ0) is 23.4. The minimum absolute atomic E-state index is 0.0884. The molecular weight excluding hydrogens is 484 g/mol. The van der Waals surface area contributed by atoms with Crippen molar-refractivity contribution >= 4 is 51.6 Å². The molecule has 0 fully saturated rings. The molecule has 0 aliphatic rings. The average Bonchev–Trinajstić information content (AvgIpc) is 3.57. The number of amides is 1. The number of hydrogen-bond donors (Lipinski definition) is 1. The van der Waals surface area contributed by atoms with E-state index in [2.05, 4.69) is 15.5 Å². The van der Waals surface area contributed by atoms with E-state index in [-0.39, 0.29) is 11.7 Å². The number of nitrogens with zero attached hydrogens (tertiary/aromatic N) is 3. The summed E-state index contributed by atoms with van der Waals surface area (Å²) < 4.78 is 12.2. The summed E-state index contributed by atoms with van der Waals surface area (Å²) in [5.74, 6) is 0.490. The van der Waals surface area contributed by atoms with Gasteiger partial charge in [0.2, 0.25) is 5.91 Å². The van der Waals surface area contributed by atoms with Crippen molar-refractivity contribution in [2.45, 2.75) is 18.6 Å². The van der Waals surface area contributed by atoms with Crippen LogP contribution in [0.25, 0.3) is 22.7 Å². The van der Waals surface area contributed by atoms with Gasteiger partial charge < -0.3 is 14.5 Å². The van der Waals surface area contributed by atoms with E-state index < -0.39 is 5.97 Å². The Labute approximate surface area is 202 Å². The van der Waals surface area contributed by atoms with E-state index in [9.17, 15) is 9.59 Å². The Morgan fingerprint density at radius 3 is 2.70 bits per heavy atom. The van der Waals surface area contributed by atoms with Crippen molar-refractivity contribution in [3.63, 3.8) is 0 Å². The Morgan fingerprint density at radius 2 is 2.03 bits per heavy atom. The molecule has 0 radical (unpaired) electrons. The molecule has 0 atom stereocenters. The van der Waals surface area contributed by atoms with Crippen LogP contribution in [0, 0.1) is 0 Å². The molecule has 8 nitrogen and oxygen atoms in total. The van der Waals surface area contributed by atoms with Crippen LogP contribution in [0.15, 0.2) is 57.6 Å². The maximum atomic E-state index is 12.7. The number of benzene rings is 1. The van der Waals surface area contributed by atoms with E-state index in [4.69, 9.17) is 20.8 Å². The van der Waals surface area contributed by atoms with Crippen LogP contribution in [0.5, 0.6) is 0 Å². The first-order valence-electron chi connectivity index (χ1n) is 9.87. The van der Waals surface area contributed by atoms with Gasteiger partial charge in [-0.3, -0.25) is 9.36 Å². The molecule has 0 aliphatic heterocycles. The first-order chi connectivity index (χ1) is 16.0. The molecule has 0 spiro atoms. The van der Waals surface area contributed by atoms with Gasteiger partial charge in [0, 0.05) is 22.5 Å². The fourth-order valence-corrected chi connectivity index (χ4v) is 5.06. The molecule has 1 N–H and O–H groups in total. The number of thioether (sulfide) groups is 1. The minimum atomic E-state index is -0.530. The maximum absolute atomic E-state index is 12.7. The molecule has 0 unspecified atom stereocenters. The summed E-state index contributed by atoms with van der Waals surface area (Å²) in [6.07, 6.45) is 1.57. The monoisotopic (exact) mass is 502 g/mol. The fraction of sp³-hybridized carbons (Fsp3) is 0.182. The molecule has 3 aromatic heterocycles. The van der Waals surface area contributed by atoms with E-state index in [0.29, 0.717) is 44.4 Å². The molecular formula is C22H19ClN4O4S2. The van der Waals surface area contributed by atoms with Crippen LogP contribution in [0.4, 0.5) is 5.00 Å². The molecule has 0 saturated carbocycles. The second-order valence-electron chi connectivity index (χ2n) is 6.72. The van der Waals surface area contributed by atoms with Crippen LogP contribution >= 0.6 is 34.7 Å². The quantitative estimate of drug-likeness (QED) is 0.252. The highest BCUT2D eigenvalue weighted by Crippen LogP contribution is 2.37. The lowest BCUT2D eigenvalue weighted by Gasteiger charge is -2.08. The molecule has 4 aromatic rings. The van der Waals surface area contributed by atoms with E-state index in [1.165, 1.54) is 30.2 Å². The van der Waals surface area contributed by atoms with Crippen LogP contribution in [-0.4, -0.2) is 39.5 Å². The lowest BCUT2D eigenvalue weighted by Crippen LogP contribution is -2.16. The highest BCUT2D eigenvalue weighted by molar-refractivity contribution is 7.99. The van der Waals surface area contributed by atoms with Crippen LogP contribution in [0.1, 0.15) is 17.3 Å². The molecule has 4 rings (SSSR count). The summed E-state index contributed by atoms with van der Waals surface area (Å²) in [5, 5.41) is 14.6. The third-order valence-electron chi connectivity index (χ3n) is 4.70. The third kappa shape index (κ3) is 4.97. The smallest absolute Gasteiger partial charge is 0.341 e. The third-order valence-corrected chi connectivity index (χ3v) is 6.81. The maximum Gasteiger partial charge on any atom is 0.341 e. The second-order valence-corrected chi connectivity index (χ2v) is 8.98. The van der Waals surface area contributed by atoms with Gasteiger partial charge in [-0.15, -0.1) is 21.5 Å². The Balaban J connectivity index is 1.50. The predicted octanol–water partition coefficient (Wildman–Crippen LogP) is 5.46. The fourth-order valence-electron chi connectivity index (χ4n) is 3.16. The topological polar surface area (TPSA) is 99.2 Å². The van der Waals surface area contributed by atoms with Gasteiger partial charge in [0.05, 0.1) is 19.1 Å². The molecule has 11 heteroatoms. The highest BCUT2D eigenvalue weighted by atomic mass is 35.5. The number of nitrogens with one attached hydrogen (secondary N) is 1. The summed E-state index contributed by atoms with van der Waals surface area (Å²) in [4.78, 5) is 25.2. The number of aromatic nitrogens is 3. The second kappa shape index (κ2) is 10.2. The van der Waals surface area contributed by atoms with Crippen LogP contribution < -0.4 is 5.32 Å². The van der Waals surface area contributed by atoms with Gasteiger partial charge in [0.15, 0.2) is 16.7 Å². The number of anilines is 1. The van der Waals surface area contributed by atoms with Gasteiger partial charge in [-0.25, -0.2) is 4.79 Å². The van der Waals surface area contributed by atoms with Crippen molar-refractivity contribution in [2.24, 2.45) is 0 Å². The van der Waals surface area contributed by atoms with Crippen molar-refractivity contribution in [1.82, 2.24) is 14.8 Å². The first kappa shape index (κ1) is 23.1. The van der Waals surface area contributed by atoms with Crippen molar-refractivity contribution in [3.8, 4) is 22.7 Å². The van der Waals surface area contributed by atoms with Gasteiger partial charge >= 0.3 is 5.97 Å². The van der Waals surface area contributed by atoms with Gasteiger partial charge in [0.1, 0.15) is 10.6 Å². The number of furan rings is 1. The lowest BCUT2D eigenvalue weighted by molar-refractivity contribution is -0.113. The van der Waals surface area contributed by atoms with Crippen molar-refractivity contribution in [2.75, 3.05) is 18.2 Å². The Bertz CT molecular complexity index is 1270. The van der Waals surface area contributed by atoms with E-state index >= 15 is 0 Å². The van der Waals surface area contributed by atoms with Crippen LogP contribution in [0.2, 0.25) is 5.02 Å². The summed E-state index contributed by atoms with van der Waals surface area (Å²) in [7, 11) is 1.31. The van der Waals surface area contributed by atoms with Gasteiger partial charge in [-0.2, -0.15) is 0 Å². The standard InChI is InChI=1S/C22H19ClN4O4S2/c1-3-27-19(16-5-4-10-31-16)25-26-22(27)33-12-17(28)24-20-18(21(29)30-2)15(11-32-20)13-6-8-14(23)9-7-13/h4-11H,3,12H2,1-2H3,(H,24,28). The molecule has 0 saturated heterocycles. The van der Waals surface area contributed by atoms with E-state index in [1.807, 2.05) is 29.0 Å². The number of esters is 1. The van der Waals surface area contributed by atoms with Gasteiger partial charge in [-0.1, -0.05) is 35.5 Å². The number of carbonyl (C=O) groups excluding carboxylic acids is 2. The summed E-state index contributed by atoms with van der Waals surface area (Å²) >= 11 is 8.48. The lowest BCUT2D eigenvalue weighted by atomic mass is 10.0. The molecule has 170 valence electrons. The largest absolute Gasteiger partial charge is 0.465 e. The van der Waals surface area contributed by atoms with Crippen molar-refractivity contribution in [3.05, 3.63) is 58.6 Å². The number of thiophene rings is 1. The van der Waals surface area contributed by atoms with Crippen LogP contribution in [-0.2, 0) is 16.1 Å². The summed E-state index contributed by atoms with van der Waals surface area (Å²) in [6.45, 7) is 2.58. The van der Waals surface area contributed by atoms with Crippen molar-refractivity contribution in [1.29, 1.82) is 0 Å². The number of hydrogen-bond acceptors (Lipinski definition) is 8. The molecule has 1 aromatic carbocycles. The van der Waals surface area contributed by atoms with Crippen molar-refractivity contribution < 1.29 is 18.7 Å². The van der Waals surface area contributed by atoms with E-state index in [1.54, 1.807) is 30.5 Å². The predicted molar refractivity (Wildman–Crippen MR) is 129 cm³/mol. The highest BCUT2D eigenvalue weighted by Gasteiger charge is 2.23. The summed E-state index contributed by atoms with van der Waals surface area (Å²) in [6, 6.07) is 10.7. The number of carbonyl (C=O) groups is 2. The molecule has 3 heterocycles. The molecule has 33 heavy (non-hydrogen) atoms. The van der Waals surface area contributed by atoms with E-state index in [0.717, 1.165) is 5.56 Å². The molecule has 0 bridgehead atoms. The molecule has 0 aliphatic carbocycles. The van der Waals surface area contributed by atoms with Gasteiger partial charge in [0.25, 0.3) is 0 Å². The van der Waals surface area contributed by atoms with Crippen LogP contribution in [0.3, 0.4) is 0 Å². The first-order valence-corrected chi connectivity index (χ1v) is 12.1. The molecule has 1 amide bonds. The normalized spacial score (nSPS) is 10.9. The van der Waals surface area contributed by atoms with Gasteiger partial charge in [-0.05, 0) is 36.8 Å². The number of methoxy groups -OCH3 is 1. The Morgan fingerprint density at radius 1 is 1.24 bits per heavy atom. The SMILES string of the molecule is CCn1c(SCC(=O)Nc2scc(-c3ccc(Cl)cc3)c2C(=O)OC)nnc1-c1ccco1. The number of halogens is 1.